The van der Waals surface area contributed by atoms with Crippen LogP contribution in [0, 0.1) is 0 Å². The Morgan fingerprint density at radius 1 is 0.544 bits per heavy atom. The van der Waals surface area contributed by atoms with Crippen LogP contribution in [0.25, 0.3) is 0 Å². The first-order valence-corrected chi connectivity index (χ1v) is 17.5. The molecule has 0 spiro atoms. The van der Waals surface area contributed by atoms with Gasteiger partial charge in [-0.1, -0.05) is 24.3 Å². The zero-order valence-electron chi connectivity index (χ0n) is 30.5. The van der Waals surface area contributed by atoms with Crippen molar-refractivity contribution >= 4 is 29.4 Å². The Balaban J connectivity index is 1.51. The lowest BCUT2D eigenvalue weighted by Gasteiger charge is -2.31. The van der Waals surface area contributed by atoms with Crippen molar-refractivity contribution in [2.45, 2.75) is 38.6 Å². The molecule has 0 fully saturated rings. The van der Waals surface area contributed by atoms with Crippen LogP contribution in [0.2, 0.25) is 0 Å². The highest BCUT2D eigenvalue weighted by Gasteiger charge is 2.30. The summed E-state index contributed by atoms with van der Waals surface area (Å²) < 4.78 is 0.619. The zero-order chi connectivity index (χ0) is 41.8. The lowest BCUT2D eigenvalue weighted by Crippen LogP contribution is -2.47. The molecule has 0 aliphatic rings. The molecule has 57 heavy (non-hydrogen) atoms. The van der Waals surface area contributed by atoms with Gasteiger partial charge in [0.25, 0.3) is 45.9 Å². The second kappa shape index (κ2) is 19.2. The number of hydrogen-bond donors (Lipinski definition) is 6. The second-order valence-electron chi connectivity index (χ2n) is 12.5. The van der Waals surface area contributed by atoms with E-state index in [0.29, 0.717) is 0 Å². The van der Waals surface area contributed by atoms with Gasteiger partial charge in [-0.25, -0.2) is 0 Å². The molecule has 4 aromatic heterocycles. The fourth-order valence-electron chi connectivity index (χ4n) is 5.77. The minimum atomic E-state index is -1.20. The molecule has 0 aromatic carbocycles. The molecule has 4 rings (SSSR count). The quantitative estimate of drug-likeness (QED) is 0.0535. The van der Waals surface area contributed by atoms with E-state index >= 15 is 0 Å². The first kappa shape index (κ1) is 42.3. The van der Waals surface area contributed by atoms with Gasteiger partial charge in [0.15, 0.2) is 5.78 Å². The maximum Gasteiger partial charge on any atom is 0.283 e. The van der Waals surface area contributed by atoms with Crippen LogP contribution in [0.4, 0.5) is 0 Å². The van der Waals surface area contributed by atoms with Crippen molar-refractivity contribution in [2.75, 3.05) is 32.7 Å². The van der Waals surface area contributed by atoms with E-state index in [2.05, 4.69) is 10.6 Å². The van der Waals surface area contributed by atoms with Gasteiger partial charge in [-0.2, -0.15) is 0 Å². The summed E-state index contributed by atoms with van der Waals surface area (Å²) in [6.07, 6.45) is 0.0707. The maximum absolute atomic E-state index is 13.8. The van der Waals surface area contributed by atoms with E-state index in [4.69, 9.17) is 0 Å². The van der Waals surface area contributed by atoms with Crippen molar-refractivity contribution in [1.29, 1.82) is 0 Å². The number of hydrogen-bond acceptors (Lipinski definition) is 13. The smallest absolute Gasteiger partial charge is 0.283 e. The van der Waals surface area contributed by atoms with E-state index < -0.39 is 63.4 Å². The molecular weight excluding hydrogens is 752 g/mol. The number of Topliss-reactive ketones (excluding diaryl/α,β-unsaturated/α-hetero) is 1. The van der Waals surface area contributed by atoms with Gasteiger partial charge >= 0.3 is 0 Å². The predicted molar refractivity (Wildman–Crippen MR) is 196 cm³/mol. The minimum absolute atomic E-state index is 0.0139. The molecule has 4 amide bonds. The van der Waals surface area contributed by atoms with E-state index in [9.17, 15) is 64.0 Å². The van der Waals surface area contributed by atoms with Crippen molar-refractivity contribution in [3.63, 3.8) is 0 Å². The predicted octanol–water partition coefficient (Wildman–Crippen LogP) is -0.755. The fraction of sp³-hybridized carbons (Fsp3) is 0.306. The van der Waals surface area contributed by atoms with Gasteiger partial charge in [0.2, 0.25) is 0 Å². The summed E-state index contributed by atoms with van der Waals surface area (Å²) in [7, 11) is 0. The topological polar surface area (TPSA) is 285 Å². The lowest BCUT2D eigenvalue weighted by molar-refractivity contribution is -0.121. The van der Waals surface area contributed by atoms with E-state index in [1.165, 1.54) is 54.3 Å². The van der Waals surface area contributed by atoms with Gasteiger partial charge in [-0.3, -0.25) is 43.2 Å². The highest BCUT2D eigenvalue weighted by Crippen LogP contribution is 2.16. The van der Waals surface area contributed by atoms with Crippen LogP contribution in [-0.2, 0) is 4.79 Å². The van der Waals surface area contributed by atoms with E-state index in [1.807, 2.05) is 0 Å². The highest BCUT2D eigenvalue weighted by molar-refractivity contribution is 5.96. The summed E-state index contributed by atoms with van der Waals surface area (Å²) in [6.45, 7) is 0.651. The second-order valence-corrected chi connectivity index (χ2v) is 12.5. The van der Waals surface area contributed by atoms with Crippen LogP contribution in [0.1, 0.15) is 74.6 Å². The largest absolute Gasteiger partial charge is 0.425 e. The Labute approximate surface area is 321 Å². The standard InChI is InChI=1S/C36H40N8O13/c1-23(45)24(40(36(53)28-12-5-17-32(49)44(28)57)22-8-19-38-34(51)26-10-3-15-30(47)42(26)55)13-6-20-39(35(52)27-11-4-16-31(48)43(27)56)21-7-18-37-33(50)25-9-2-14-29(46)41(25)54/h2-5,9-12,14-17,24,54-57H,6-8,13,18-22H2,1H3,(H,37,50)(H,38,51). The third kappa shape index (κ3) is 10.4. The first-order valence-electron chi connectivity index (χ1n) is 17.5. The van der Waals surface area contributed by atoms with Crippen molar-refractivity contribution in [3.05, 3.63) is 137 Å². The molecule has 0 saturated carbocycles. The molecule has 1 atom stereocenters. The summed E-state index contributed by atoms with van der Waals surface area (Å²) >= 11 is 0. The Morgan fingerprint density at radius 3 is 1.35 bits per heavy atom. The molecule has 4 heterocycles. The third-order valence-electron chi connectivity index (χ3n) is 8.67. The van der Waals surface area contributed by atoms with Crippen molar-refractivity contribution in [2.24, 2.45) is 0 Å². The van der Waals surface area contributed by atoms with Crippen molar-refractivity contribution in [1.82, 2.24) is 39.4 Å². The third-order valence-corrected chi connectivity index (χ3v) is 8.67. The highest BCUT2D eigenvalue weighted by atomic mass is 16.5. The maximum atomic E-state index is 13.8. The van der Waals surface area contributed by atoms with Gasteiger partial charge in [0, 0.05) is 57.0 Å². The molecular formula is C36H40N8O13. The number of amides is 4. The summed E-state index contributed by atoms with van der Waals surface area (Å²) in [5, 5.41) is 45.5. The van der Waals surface area contributed by atoms with Crippen LogP contribution in [0.5, 0.6) is 0 Å². The molecule has 4 aromatic rings. The molecule has 6 N–H and O–H groups in total. The average molecular weight is 793 g/mol. The molecule has 0 bridgehead atoms. The van der Waals surface area contributed by atoms with E-state index in [1.54, 1.807) is 0 Å². The molecule has 0 aliphatic heterocycles. The van der Waals surface area contributed by atoms with Gasteiger partial charge < -0.3 is 41.3 Å². The fourth-order valence-corrected chi connectivity index (χ4v) is 5.77. The van der Waals surface area contributed by atoms with Crippen LogP contribution in [-0.4, -0.2) is 118 Å². The SMILES string of the molecule is CC(=O)C(CCCN(CCCNC(=O)c1cccc(=O)n1O)C(=O)c1cccc(=O)n1O)N(CCCNC(=O)c1cccc(=O)n1O)C(=O)c1cccc(=O)n1O. The van der Waals surface area contributed by atoms with Crippen LogP contribution in [0.15, 0.2) is 92.0 Å². The average Bonchev–Trinajstić information content (AvgIpc) is 3.18. The van der Waals surface area contributed by atoms with Gasteiger partial charge in [-0.15, -0.1) is 18.9 Å². The number of rotatable bonds is 18. The molecule has 21 heteroatoms. The Morgan fingerprint density at radius 2 is 0.912 bits per heavy atom. The zero-order valence-corrected chi connectivity index (χ0v) is 30.5. The summed E-state index contributed by atoms with van der Waals surface area (Å²) in [5.41, 5.74) is -5.02. The molecule has 0 aliphatic carbocycles. The van der Waals surface area contributed by atoms with E-state index in [-0.39, 0.29) is 94.4 Å². The lowest BCUT2D eigenvalue weighted by atomic mass is 10.0. The monoisotopic (exact) mass is 792 g/mol. The summed E-state index contributed by atoms with van der Waals surface area (Å²) in [5.74, 6) is -3.82. The number of pyridine rings is 4. The number of carbonyl (C=O) groups excluding carboxylic acids is 5. The van der Waals surface area contributed by atoms with Crippen molar-refractivity contribution in [3.8, 4) is 0 Å². The Hall–Kier alpha value is -7.45. The first-order chi connectivity index (χ1) is 27.1. The number of nitrogens with one attached hydrogen (secondary N) is 2. The molecule has 302 valence electrons. The molecule has 0 radical (unpaired) electrons. The number of nitrogens with zero attached hydrogens (tertiary/aromatic N) is 6. The van der Waals surface area contributed by atoms with Gasteiger partial charge in [0.05, 0.1) is 6.04 Å². The van der Waals surface area contributed by atoms with Crippen molar-refractivity contribution < 1.29 is 44.8 Å². The van der Waals surface area contributed by atoms with Crippen LogP contribution < -0.4 is 32.9 Å². The Kier molecular flexibility index (Phi) is 14.3. The normalized spacial score (nSPS) is 11.3. The van der Waals surface area contributed by atoms with Gasteiger partial charge in [-0.05, 0) is 56.9 Å². The number of ketones is 1. The van der Waals surface area contributed by atoms with Crippen LogP contribution in [0.3, 0.4) is 0 Å². The molecule has 21 nitrogen and oxygen atoms in total. The summed E-state index contributed by atoms with van der Waals surface area (Å²) in [4.78, 5) is 116. The van der Waals surface area contributed by atoms with Crippen LogP contribution >= 0.6 is 0 Å². The number of aromatic nitrogens is 4. The van der Waals surface area contributed by atoms with Gasteiger partial charge in [0.1, 0.15) is 22.8 Å². The molecule has 0 saturated heterocycles. The Bertz CT molecular complexity index is 2380. The molecule has 1 unspecified atom stereocenters. The summed E-state index contributed by atoms with van der Waals surface area (Å²) in [6, 6.07) is 12.8. The number of carbonyl (C=O) groups is 5. The minimum Gasteiger partial charge on any atom is -0.425 e. The van der Waals surface area contributed by atoms with E-state index in [0.717, 1.165) is 35.2 Å².